The molecule has 0 fully saturated rings. The fourth-order valence-electron chi connectivity index (χ4n) is 2.75. The van der Waals surface area contributed by atoms with Crippen LogP contribution in [0.15, 0.2) is 84.9 Å². The molecule has 0 N–H and O–H groups in total. The van der Waals surface area contributed by atoms with E-state index >= 15 is 0 Å². The molecule has 3 rings (SSSR count). The van der Waals surface area contributed by atoms with Crippen LogP contribution in [0.4, 0.5) is 0 Å². The second-order valence-corrected chi connectivity index (χ2v) is 5.11. The van der Waals surface area contributed by atoms with Crippen molar-refractivity contribution in [2.75, 3.05) is 0 Å². The van der Waals surface area contributed by atoms with E-state index in [4.69, 9.17) is 0 Å². The minimum absolute atomic E-state index is 0.304. The second kappa shape index (κ2) is 5.79. The van der Waals surface area contributed by atoms with E-state index in [2.05, 4.69) is 91.9 Å². The number of aryl methyl sites for hydroxylation is 1. The molecule has 1 heteroatoms. The molecule has 20 heavy (non-hydrogen) atoms. The molecule has 0 atom stereocenters. The van der Waals surface area contributed by atoms with Crippen molar-refractivity contribution in [3.63, 3.8) is 0 Å². The zero-order chi connectivity index (χ0) is 13.8. The highest BCUT2D eigenvalue weighted by molar-refractivity contribution is 6.95. The van der Waals surface area contributed by atoms with Crippen LogP contribution in [0.3, 0.4) is 0 Å². The van der Waals surface area contributed by atoms with Crippen molar-refractivity contribution in [3.8, 4) is 0 Å². The maximum Gasteiger partial charge on any atom is 0.241 e. The minimum atomic E-state index is 0.304. The van der Waals surface area contributed by atoms with Gasteiger partial charge in [0, 0.05) is 0 Å². The monoisotopic (exact) mass is 256 g/mol. The Balaban J connectivity index is 2.17. The molecule has 0 saturated heterocycles. The van der Waals surface area contributed by atoms with Gasteiger partial charge in [0.25, 0.3) is 0 Å². The largest absolute Gasteiger partial charge is 0.241 e. The van der Waals surface area contributed by atoms with E-state index in [1.54, 1.807) is 0 Å². The highest BCUT2D eigenvalue weighted by atomic mass is 14.0. The fraction of sp³-hybridized carbons (Fsp3) is 0.0526. The summed E-state index contributed by atoms with van der Waals surface area (Å²) in [7, 11) is 0. The lowest BCUT2D eigenvalue weighted by Crippen LogP contribution is -2.52. The summed E-state index contributed by atoms with van der Waals surface area (Å²) in [5.41, 5.74) is 5.40. The van der Waals surface area contributed by atoms with Crippen LogP contribution >= 0.6 is 0 Å². The Bertz CT molecular complexity index is 635. The smallest absolute Gasteiger partial charge is 0.0687 e. The molecule has 96 valence electrons. The Kier molecular flexibility index (Phi) is 3.69. The van der Waals surface area contributed by atoms with Crippen LogP contribution in [0.2, 0.25) is 0 Å². The molecule has 3 aromatic carbocycles. The molecule has 0 heterocycles. The highest BCUT2D eigenvalue weighted by Crippen LogP contribution is 1.99. The molecule has 0 spiro atoms. The quantitative estimate of drug-likeness (QED) is 0.632. The molecule has 0 saturated carbocycles. The van der Waals surface area contributed by atoms with E-state index in [0.29, 0.717) is 6.71 Å². The maximum atomic E-state index is 2.24. The average Bonchev–Trinajstić information content (AvgIpc) is 2.52. The van der Waals surface area contributed by atoms with Crippen LogP contribution in [0.25, 0.3) is 0 Å². The summed E-state index contributed by atoms with van der Waals surface area (Å²) >= 11 is 0. The topological polar surface area (TPSA) is 0 Å². The van der Waals surface area contributed by atoms with Crippen LogP contribution in [-0.4, -0.2) is 6.71 Å². The van der Waals surface area contributed by atoms with Gasteiger partial charge in [-0.05, 0) is 6.92 Å². The van der Waals surface area contributed by atoms with Gasteiger partial charge < -0.3 is 0 Å². The summed E-state index contributed by atoms with van der Waals surface area (Å²) in [6.45, 7) is 2.49. The zero-order valence-electron chi connectivity index (χ0n) is 11.7. The summed E-state index contributed by atoms with van der Waals surface area (Å²) in [6, 6.07) is 30.1. The van der Waals surface area contributed by atoms with Crippen LogP contribution in [0, 0.1) is 6.92 Å². The minimum Gasteiger partial charge on any atom is -0.0687 e. The van der Waals surface area contributed by atoms with Gasteiger partial charge in [-0.2, -0.15) is 0 Å². The summed E-state index contributed by atoms with van der Waals surface area (Å²) in [4.78, 5) is 0. The molecule has 0 amide bonds. The highest BCUT2D eigenvalue weighted by Gasteiger charge is 2.22. The van der Waals surface area contributed by atoms with Gasteiger partial charge in [0.05, 0.1) is 0 Å². The van der Waals surface area contributed by atoms with Crippen LogP contribution in [0.5, 0.6) is 0 Å². The van der Waals surface area contributed by atoms with E-state index in [-0.39, 0.29) is 0 Å². The van der Waals surface area contributed by atoms with Crippen molar-refractivity contribution in [1.29, 1.82) is 0 Å². The molecular formula is C19H17B. The fourth-order valence-corrected chi connectivity index (χ4v) is 2.75. The second-order valence-electron chi connectivity index (χ2n) is 5.11. The van der Waals surface area contributed by atoms with Crippen molar-refractivity contribution < 1.29 is 0 Å². The first-order valence-corrected chi connectivity index (χ1v) is 7.01. The normalized spacial score (nSPS) is 10.2. The maximum absolute atomic E-state index is 2.24. The lowest BCUT2D eigenvalue weighted by Gasteiger charge is -2.17. The van der Waals surface area contributed by atoms with Crippen molar-refractivity contribution in [2.45, 2.75) is 6.92 Å². The molecule has 0 unspecified atom stereocenters. The van der Waals surface area contributed by atoms with E-state index in [1.165, 1.54) is 22.0 Å². The molecule has 0 radical (unpaired) electrons. The van der Waals surface area contributed by atoms with E-state index in [1.807, 2.05) is 0 Å². The summed E-state index contributed by atoms with van der Waals surface area (Å²) < 4.78 is 0. The number of benzene rings is 3. The van der Waals surface area contributed by atoms with Crippen molar-refractivity contribution >= 4 is 23.1 Å². The molecule has 0 bridgehead atoms. The van der Waals surface area contributed by atoms with Gasteiger partial charge in [-0.15, -0.1) is 0 Å². The van der Waals surface area contributed by atoms with E-state index in [9.17, 15) is 0 Å². The first-order valence-electron chi connectivity index (χ1n) is 7.01. The number of rotatable bonds is 3. The van der Waals surface area contributed by atoms with E-state index < -0.39 is 0 Å². The van der Waals surface area contributed by atoms with Crippen molar-refractivity contribution in [3.05, 3.63) is 90.5 Å². The summed E-state index contributed by atoms with van der Waals surface area (Å²) in [5, 5.41) is 0. The standard InChI is InChI=1S/C19H17B/c1-16-10-8-9-15-19(16)20(17-11-4-2-5-12-17)18-13-6-3-7-14-18/h2-15H,1H3. The van der Waals surface area contributed by atoms with Crippen LogP contribution < -0.4 is 16.4 Å². The summed E-state index contributed by atoms with van der Waals surface area (Å²) in [5.74, 6) is 0. The van der Waals surface area contributed by atoms with Crippen LogP contribution in [0.1, 0.15) is 5.56 Å². The lowest BCUT2D eigenvalue weighted by molar-refractivity contribution is 1.51. The van der Waals surface area contributed by atoms with Gasteiger partial charge in [0.1, 0.15) is 0 Å². The molecule has 0 aliphatic heterocycles. The number of hydrogen-bond acceptors (Lipinski definition) is 0. The van der Waals surface area contributed by atoms with Gasteiger partial charge >= 0.3 is 0 Å². The Hall–Kier alpha value is -2.28. The predicted octanol–water partition coefficient (Wildman–Crippen LogP) is 2.51. The first-order chi connectivity index (χ1) is 9.86. The SMILES string of the molecule is Cc1ccccc1B(c1ccccc1)c1ccccc1. The van der Waals surface area contributed by atoms with Gasteiger partial charge in [0.2, 0.25) is 6.71 Å². The number of hydrogen-bond donors (Lipinski definition) is 0. The van der Waals surface area contributed by atoms with Crippen molar-refractivity contribution in [2.24, 2.45) is 0 Å². The van der Waals surface area contributed by atoms with Gasteiger partial charge in [-0.1, -0.05) is 107 Å². The third-order valence-electron chi connectivity index (χ3n) is 3.77. The molecule has 0 aliphatic carbocycles. The lowest BCUT2D eigenvalue weighted by atomic mass is 9.36. The predicted molar refractivity (Wildman–Crippen MR) is 88.7 cm³/mol. The molecule has 3 aromatic rings. The van der Waals surface area contributed by atoms with Gasteiger partial charge in [-0.25, -0.2) is 0 Å². The zero-order valence-corrected chi connectivity index (χ0v) is 11.7. The Morgan fingerprint density at radius 1 is 0.550 bits per heavy atom. The Morgan fingerprint density at radius 2 is 1.00 bits per heavy atom. The Morgan fingerprint density at radius 3 is 1.50 bits per heavy atom. The molecule has 0 aromatic heterocycles. The van der Waals surface area contributed by atoms with Crippen LogP contribution in [-0.2, 0) is 0 Å². The van der Waals surface area contributed by atoms with Gasteiger partial charge in [0.15, 0.2) is 0 Å². The average molecular weight is 256 g/mol. The molecule has 0 aliphatic rings. The molecular weight excluding hydrogens is 239 g/mol. The molecule has 0 nitrogen and oxygen atoms in total. The Labute approximate surface area is 121 Å². The van der Waals surface area contributed by atoms with E-state index in [0.717, 1.165) is 0 Å². The van der Waals surface area contributed by atoms with Gasteiger partial charge in [-0.3, -0.25) is 0 Å². The summed E-state index contributed by atoms with van der Waals surface area (Å²) in [6.07, 6.45) is 0. The van der Waals surface area contributed by atoms with Crippen molar-refractivity contribution in [1.82, 2.24) is 0 Å². The first kappa shape index (κ1) is 12.7. The third kappa shape index (κ3) is 2.53. The third-order valence-corrected chi connectivity index (χ3v) is 3.77.